The van der Waals surface area contributed by atoms with Crippen LogP contribution in [0.5, 0.6) is 28.7 Å². The number of nitrogens with zero attached hydrogens (tertiary/aromatic N) is 1. The summed E-state index contributed by atoms with van der Waals surface area (Å²) in [5, 5.41) is 31.1. The van der Waals surface area contributed by atoms with Crippen LogP contribution in [0.15, 0.2) is 72.8 Å². The summed E-state index contributed by atoms with van der Waals surface area (Å²) in [6, 6.07) is 21.5. The fourth-order valence-electron chi connectivity index (χ4n) is 3.97. The summed E-state index contributed by atoms with van der Waals surface area (Å²) in [6.45, 7) is 7.72. The molecule has 5 heteroatoms. The van der Waals surface area contributed by atoms with Gasteiger partial charge in [-0.25, -0.2) is 0 Å². The zero-order valence-electron chi connectivity index (χ0n) is 19.1. The Morgan fingerprint density at radius 1 is 0.606 bits per heavy atom. The van der Waals surface area contributed by atoms with E-state index < -0.39 is 0 Å². The summed E-state index contributed by atoms with van der Waals surface area (Å²) in [7, 11) is 0. The third-order valence-electron chi connectivity index (χ3n) is 5.58. The van der Waals surface area contributed by atoms with E-state index >= 15 is 0 Å². The molecule has 0 atom stereocenters. The van der Waals surface area contributed by atoms with Gasteiger partial charge in [-0.3, -0.25) is 0 Å². The lowest BCUT2D eigenvalue weighted by atomic mass is 10.1. The van der Waals surface area contributed by atoms with Crippen LogP contribution in [-0.4, -0.2) is 15.3 Å². The molecule has 0 spiro atoms. The first kappa shape index (κ1) is 22.1. The van der Waals surface area contributed by atoms with Crippen molar-refractivity contribution in [2.75, 3.05) is 4.90 Å². The lowest BCUT2D eigenvalue weighted by Crippen LogP contribution is -2.13. The van der Waals surface area contributed by atoms with Gasteiger partial charge in [0.25, 0.3) is 0 Å². The SMILES string of the molecule is Cc1cc(C)c(Oc2ccccc2N(c2cc(O)ccc2C)c2cc(O)ccc2C)c(O)c1. The van der Waals surface area contributed by atoms with Gasteiger partial charge in [0.05, 0.1) is 17.1 Å². The van der Waals surface area contributed by atoms with E-state index in [4.69, 9.17) is 4.74 Å². The number of benzene rings is 4. The third kappa shape index (κ3) is 4.44. The topological polar surface area (TPSA) is 73.2 Å². The van der Waals surface area contributed by atoms with Crippen molar-refractivity contribution in [1.29, 1.82) is 0 Å². The molecule has 0 radical (unpaired) electrons. The maximum Gasteiger partial charge on any atom is 0.172 e. The number of rotatable bonds is 5. The zero-order valence-corrected chi connectivity index (χ0v) is 19.1. The summed E-state index contributed by atoms with van der Waals surface area (Å²) >= 11 is 0. The van der Waals surface area contributed by atoms with Crippen molar-refractivity contribution in [3.8, 4) is 28.7 Å². The molecular formula is C28H27NO4. The highest BCUT2D eigenvalue weighted by molar-refractivity contribution is 5.84. The lowest BCUT2D eigenvalue weighted by molar-refractivity contribution is 0.409. The molecular weight excluding hydrogens is 414 g/mol. The molecule has 0 aliphatic rings. The van der Waals surface area contributed by atoms with E-state index in [0.717, 1.165) is 33.6 Å². The number of aryl methyl sites for hydroxylation is 4. The van der Waals surface area contributed by atoms with Gasteiger partial charge in [-0.2, -0.15) is 0 Å². The Kier molecular flexibility index (Phi) is 5.88. The molecule has 0 saturated heterocycles. The number of phenols is 3. The fraction of sp³-hybridized carbons (Fsp3) is 0.143. The molecule has 4 rings (SSSR count). The molecule has 0 aliphatic heterocycles. The molecule has 0 aliphatic carbocycles. The van der Waals surface area contributed by atoms with E-state index in [-0.39, 0.29) is 17.2 Å². The standard InChI is InChI=1S/C28H27NO4/c1-17-13-20(4)28(26(32)14-17)33-27-8-6-5-7-23(27)29(24-15-21(30)11-9-18(24)2)25-16-22(31)12-10-19(25)3/h5-16,30-32H,1-4H3. The summed E-state index contributed by atoms with van der Waals surface area (Å²) in [5.41, 5.74) is 5.79. The van der Waals surface area contributed by atoms with Gasteiger partial charge in [0.1, 0.15) is 11.5 Å². The number of phenolic OH excluding ortho intramolecular Hbond substituents is 3. The molecule has 33 heavy (non-hydrogen) atoms. The average molecular weight is 442 g/mol. The van der Waals surface area contributed by atoms with E-state index in [1.165, 1.54) is 0 Å². The molecule has 0 saturated carbocycles. The molecule has 0 unspecified atom stereocenters. The van der Waals surface area contributed by atoms with Crippen LogP contribution in [0.1, 0.15) is 22.3 Å². The maximum absolute atomic E-state index is 10.6. The van der Waals surface area contributed by atoms with Crippen LogP contribution < -0.4 is 9.64 Å². The van der Waals surface area contributed by atoms with E-state index in [0.29, 0.717) is 17.2 Å². The summed E-state index contributed by atoms with van der Waals surface area (Å²) < 4.78 is 6.27. The van der Waals surface area contributed by atoms with Crippen LogP contribution in [0.2, 0.25) is 0 Å². The molecule has 168 valence electrons. The smallest absolute Gasteiger partial charge is 0.172 e. The molecule has 0 amide bonds. The second kappa shape index (κ2) is 8.79. The normalized spacial score (nSPS) is 10.8. The Balaban J connectivity index is 1.95. The van der Waals surface area contributed by atoms with Gasteiger partial charge in [-0.15, -0.1) is 0 Å². The van der Waals surface area contributed by atoms with Crippen LogP contribution in [0.25, 0.3) is 0 Å². The Labute approximate surface area is 193 Å². The monoisotopic (exact) mass is 441 g/mol. The van der Waals surface area contributed by atoms with Gasteiger partial charge in [0.2, 0.25) is 0 Å². The molecule has 4 aromatic rings. The van der Waals surface area contributed by atoms with Gasteiger partial charge in [-0.05, 0) is 80.3 Å². The molecule has 4 aromatic carbocycles. The highest BCUT2D eigenvalue weighted by atomic mass is 16.5. The second-order valence-corrected chi connectivity index (χ2v) is 8.28. The third-order valence-corrected chi connectivity index (χ3v) is 5.58. The minimum Gasteiger partial charge on any atom is -0.508 e. The largest absolute Gasteiger partial charge is 0.508 e. The number of para-hydroxylation sites is 2. The van der Waals surface area contributed by atoms with E-state index in [1.807, 2.05) is 75.1 Å². The average Bonchev–Trinajstić information content (AvgIpc) is 2.76. The molecule has 3 N–H and O–H groups in total. The van der Waals surface area contributed by atoms with Gasteiger partial charge in [0.15, 0.2) is 17.2 Å². The first-order valence-electron chi connectivity index (χ1n) is 10.7. The summed E-state index contributed by atoms with van der Waals surface area (Å²) in [4.78, 5) is 1.94. The number of aromatic hydroxyl groups is 3. The van der Waals surface area contributed by atoms with Crippen LogP contribution in [-0.2, 0) is 0 Å². The van der Waals surface area contributed by atoms with Crippen molar-refractivity contribution in [2.24, 2.45) is 0 Å². The predicted octanol–water partition coefficient (Wildman–Crippen LogP) is 7.30. The van der Waals surface area contributed by atoms with E-state index in [2.05, 4.69) is 0 Å². The predicted molar refractivity (Wildman–Crippen MR) is 132 cm³/mol. The Morgan fingerprint density at radius 2 is 1.18 bits per heavy atom. The minimum absolute atomic E-state index is 0.0657. The molecule has 0 fully saturated rings. The quantitative estimate of drug-likeness (QED) is 0.303. The second-order valence-electron chi connectivity index (χ2n) is 8.28. The van der Waals surface area contributed by atoms with Crippen molar-refractivity contribution >= 4 is 17.1 Å². The number of anilines is 3. The molecule has 5 nitrogen and oxygen atoms in total. The maximum atomic E-state index is 10.6. The van der Waals surface area contributed by atoms with Crippen LogP contribution in [0, 0.1) is 27.7 Å². The van der Waals surface area contributed by atoms with Crippen LogP contribution >= 0.6 is 0 Å². The zero-order chi connectivity index (χ0) is 23.7. The Bertz CT molecular complexity index is 1260. The van der Waals surface area contributed by atoms with Gasteiger partial charge < -0.3 is 25.0 Å². The van der Waals surface area contributed by atoms with Crippen molar-refractivity contribution in [3.63, 3.8) is 0 Å². The minimum atomic E-state index is 0.0657. The first-order chi connectivity index (χ1) is 15.7. The number of hydrogen-bond acceptors (Lipinski definition) is 5. The van der Waals surface area contributed by atoms with Gasteiger partial charge >= 0.3 is 0 Å². The van der Waals surface area contributed by atoms with E-state index in [9.17, 15) is 15.3 Å². The lowest BCUT2D eigenvalue weighted by Gasteiger charge is -2.30. The van der Waals surface area contributed by atoms with Crippen LogP contribution in [0.3, 0.4) is 0 Å². The van der Waals surface area contributed by atoms with Crippen molar-refractivity contribution in [3.05, 3.63) is 95.1 Å². The Hall–Kier alpha value is -4.12. The summed E-state index contributed by atoms with van der Waals surface area (Å²) in [6.07, 6.45) is 0. The molecule has 0 aromatic heterocycles. The molecule has 0 heterocycles. The van der Waals surface area contributed by atoms with Gasteiger partial charge in [-0.1, -0.05) is 30.3 Å². The van der Waals surface area contributed by atoms with Crippen molar-refractivity contribution in [1.82, 2.24) is 0 Å². The fourth-order valence-corrected chi connectivity index (χ4v) is 3.97. The number of ether oxygens (including phenoxy) is 1. The Morgan fingerprint density at radius 3 is 1.76 bits per heavy atom. The van der Waals surface area contributed by atoms with Crippen LogP contribution in [0.4, 0.5) is 17.1 Å². The van der Waals surface area contributed by atoms with Crippen molar-refractivity contribution < 1.29 is 20.1 Å². The van der Waals surface area contributed by atoms with Gasteiger partial charge in [0, 0.05) is 12.1 Å². The van der Waals surface area contributed by atoms with Crippen molar-refractivity contribution in [2.45, 2.75) is 27.7 Å². The highest BCUT2D eigenvalue weighted by Crippen LogP contribution is 2.46. The van der Waals surface area contributed by atoms with E-state index in [1.54, 1.807) is 30.3 Å². The number of hydrogen-bond donors (Lipinski definition) is 3. The summed E-state index contributed by atoms with van der Waals surface area (Å²) in [5.74, 6) is 1.22. The first-order valence-corrected chi connectivity index (χ1v) is 10.7. The highest BCUT2D eigenvalue weighted by Gasteiger charge is 2.22. The molecule has 0 bridgehead atoms.